The van der Waals surface area contributed by atoms with E-state index in [0.717, 1.165) is 22.7 Å². The summed E-state index contributed by atoms with van der Waals surface area (Å²) in [7, 11) is 0. The number of carboxylic acids is 1. The molecule has 2 aromatic rings. The predicted molar refractivity (Wildman–Crippen MR) is 64.6 cm³/mol. The Hall–Kier alpha value is -2.14. The van der Waals surface area contributed by atoms with Gasteiger partial charge in [0.15, 0.2) is 0 Å². The van der Waals surface area contributed by atoms with Crippen LogP contribution in [0.4, 0.5) is 0 Å². The van der Waals surface area contributed by atoms with Gasteiger partial charge >= 0.3 is 5.97 Å². The predicted octanol–water partition coefficient (Wildman–Crippen LogP) is 1.29. The lowest BCUT2D eigenvalue weighted by molar-refractivity contribution is -0.131. The molecule has 0 aliphatic heterocycles. The minimum Gasteiger partial charge on any atom is -0.478 e. The molecule has 5 heteroatoms. The number of nitrogens with zero attached hydrogens (tertiary/aromatic N) is 1. The molecule has 88 valence electrons. The third-order valence-electron chi connectivity index (χ3n) is 2.34. The maximum atomic E-state index is 10.2. The van der Waals surface area contributed by atoms with Crippen LogP contribution in [-0.4, -0.2) is 27.6 Å². The van der Waals surface area contributed by atoms with Gasteiger partial charge in [-0.25, -0.2) is 9.78 Å². The summed E-state index contributed by atoms with van der Waals surface area (Å²) in [6, 6.07) is 5.98. The summed E-state index contributed by atoms with van der Waals surface area (Å²) in [5, 5.41) is 11.5. The van der Waals surface area contributed by atoms with Crippen molar-refractivity contribution in [2.45, 2.75) is 6.54 Å². The van der Waals surface area contributed by atoms with Crippen LogP contribution in [0.1, 0.15) is 5.56 Å². The van der Waals surface area contributed by atoms with Gasteiger partial charge in [-0.15, -0.1) is 0 Å². The molecule has 0 fully saturated rings. The van der Waals surface area contributed by atoms with Crippen LogP contribution in [0.3, 0.4) is 0 Å². The molecule has 0 aliphatic carbocycles. The molecule has 1 aromatic carbocycles. The van der Waals surface area contributed by atoms with Gasteiger partial charge < -0.3 is 15.4 Å². The van der Waals surface area contributed by atoms with Crippen LogP contribution in [0.25, 0.3) is 11.0 Å². The number of fused-ring (bicyclic) bond motifs is 1. The number of carboxylic acid groups (broad SMARTS) is 1. The molecule has 0 spiro atoms. The van der Waals surface area contributed by atoms with Crippen LogP contribution in [-0.2, 0) is 11.3 Å². The third kappa shape index (κ3) is 3.15. The summed E-state index contributed by atoms with van der Waals surface area (Å²) in [5.74, 6) is -0.925. The summed E-state index contributed by atoms with van der Waals surface area (Å²) >= 11 is 0. The van der Waals surface area contributed by atoms with Crippen molar-refractivity contribution in [3.05, 3.63) is 42.2 Å². The van der Waals surface area contributed by atoms with Crippen molar-refractivity contribution in [1.82, 2.24) is 15.3 Å². The lowest BCUT2D eigenvalue weighted by atomic mass is 10.2. The minimum absolute atomic E-state index is 0.535. The summed E-state index contributed by atoms with van der Waals surface area (Å²) in [4.78, 5) is 17.4. The molecule has 0 amide bonds. The van der Waals surface area contributed by atoms with E-state index in [1.165, 1.54) is 0 Å². The van der Waals surface area contributed by atoms with Gasteiger partial charge in [0.25, 0.3) is 0 Å². The minimum atomic E-state index is -0.925. The normalized spacial score (nSPS) is 11.3. The van der Waals surface area contributed by atoms with Crippen molar-refractivity contribution < 1.29 is 9.90 Å². The van der Waals surface area contributed by atoms with E-state index < -0.39 is 5.97 Å². The third-order valence-corrected chi connectivity index (χ3v) is 2.34. The number of hydrogen-bond acceptors (Lipinski definition) is 3. The fourth-order valence-electron chi connectivity index (χ4n) is 1.55. The largest absolute Gasteiger partial charge is 0.478 e. The topological polar surface area (TPSA) is 78.0 Å². The lowest BCUT2D eigenvalue weighted by Crippen LogP contribution is -2.13. The number of aromatic nitrogens is 2. The van der Waals surface area contributed by atoms with Crippen molar-refractivity contribution in [3.63, 3.8) is 0 Å². The first-order chi connectivity index (χ1) is 8.25. The molecule has 1 aromatic heterocycles. The lowest BCUT2D eigenvalue weighted by Gasteiger charge is -2.01. The van der Waals surface area contributed by atoms with Gasteiger partial charge in [0.1, 0.15) is 0 Å². The molecule has 0 saturated carbocycles. The van der Waals surface area contributed by atoms with Crippen molar-refractivity contribution in [2.24, 2.45) is 0 Å². The first-order valence-corrected chi connectivity index (χ1v) is 5.28. The Balaban J connectivity index is 1.88. The van der Waals surface area contributed by atoms with Crippen LogP contribution >= 0.6 is 0 Å². The zero-order valence-corrected chi connectivity index (χ0v) is 9.18. The van der Waals surface area contributed by atoms with Crippen LogP contribution in [0.15, 0.2) is 36.7 Å². The highest BCUT2D eigenvalue weighted by Gasteiger charge is 1.97. The molecule has 17 heavy (non-hydrogen) atoms. The Kier molecular flexibility index (Phi) is 3.52. The van der Waals surface area contributed by atoms with Gasteiger partial charge in [-0.05, 0) is 17.7 Å². The number of aromatic amines is 1. The van der Waals surface area contributed by atoms with Crippen LogP contribution in [0.2, 0.25) is 0 Å². The van der Waals surface area contributed by atoms with E-state index in [9.17, 15) is 4.79 Å². The maximum absolute atomic E-state index is 10.2. The highest BCUT2D eigenvalue weighted by molar-refractivity contribution is 5.79. The van der Waals surface area contributed by atoms with Gasteiger partial charge in [0.2, 0.25) is 0 Å². The first-order valence-electron chi connectivity index (χ1n) is 5.28. The number of aliphatic carboxylic acids is 1. The Morgan fingerprint density at radius 3 is 3.24 bits per heavy atom. The van der Waals surface area contributed by atoms with Gasteiger partial charge in [0.05, 0.1) is 17.4 Å². The number of H-pyrrole nitrogens is 1. The number of benzene rings is 1. The Bertz CT molecular complexity index is 545. The zero-order chi connectivity index (χ0) is 12.1. The number of rotatable bonds is 5. The van der Waals surface area contributed by atoms with Crippen molar-refractivity contribution >= 4 is 17.0 Å². The van der Waals surface area contributed by atoms with Gasteiger partial charge in [-0.3, -0.25) is 0 Å². The van der Waals surface area contributed by atoms with E-state index in [1.807, 2.05) is 18.2 Å². The van der Waals surface area contributed by atoms with Crippen molar-refractivity contribution in [1.29, 1.82) is 0 Å². The Labute approximate surface area is 98.2 Å². The fourth-order valence-corrected chi connectivity index (χ4v) is 1.55. The molecule has 0 radical (unpaired) electrons. The summed E-state index contributed by atoms with van der Waals surface area (Å²) in [6.45, 7) is 1.23. The van der Waals surface area contributed by atoms with E-state index in [1.54, 1.807) is 12.4 Å². The molecular weight excluding hydrogens is 218 g/mol. The summed E-state index contributed by atoms with van der Waals surface area (Å²) in [5.41, 5.74) is 3.08. The van der Waals surface area contributed by atoms with Gasteiger partial charge in [-0.1, -0.05) is 12.1 Å². The highest BCUT2D eigenvalue weighted by atomic mass is 16.4. The molecule has 0 aliphatic rings. The second-order valence-corrected chi connectivity index (χ2v) is 3.63. The molecular formula is C12H13N3O2. The fraction of sp³-hybridized carbons (Fsp3) is 0.167. The van der Waals surface area contributed by atoms with Gasteiger partial charge in [0, 0.05) is 19.2 Å². The molecule has 5 nitrogen and oxygen atoms in total. The highest BCUT2D eigenvalue weighted by Crippen LogP contribution is 2.11. The quantitative estimate of drug-likeness (QED) is 0.535. The average molecular weight is 231 g/mol. The van der Waals surface area contributed by atoms with Crippen LogP contribution < -0.4 is 5.32 Å². The molecule has 3 N–H and O–H groups in total. The van der Waals surface area contributed by atoms with Crippen LogP contribution in [0, 0.1) is 0 Å². The monoisotopic (exact) mass is 231 g/mol. The summed E-state index contributed by atoms with van der Waals surface area (Å²) in [6.07, 6.45) is 4.37. The number of nitrogens with one attached hydrogen (secondary N) is 2. The smallest absolute Gasteiger partial charge is 0.328 e. The number of hydrogen-bond donors (Lipinski definition) is 3. The van der Waals surface area contributed by atoms with Crippen molar-refractivity contribution in [3.8, 4) is 0 Å². The molecule has 0 saturated heterocycles. The van der Waals surface area contributed by atoms with E-state index in [-0.39, 0.29) is 0 Å². The number of imidazole rings is 1. The zero-order valence-electron chi connectivity index (χ0n) is 9.18. The van der Waals surface area contributed by atoms with E-state index >= 15 is 0 Å². The standard InChI is InChI=1S/C12H13N3O2/c16-12(17)2-1-5-13-7-9-3-4-10-11(6-9)15-8-14-10/h1-4,6,8,13H,5,7H2,(H,14,15)(H,16,17)/b2-1+. The molecule has 1 heterocycles. The van der Waals surface area contributed by atoms with Crippen molar-refractivity contribution in [2.75, 3.05) is 6.54 Å². The van der Waals surface area contributed by atoms with E-state index in [2.05, 4.69) is 15.3 Å². The molecule has 0 atom stereocenters. The van der Waals surface area contributed by atoms with E-state index in [4.69, 9.17) is 5.11 Å². The maximum Gasteiger partial charge on any atom is 0.328 e. The second kappa shape index (κ2) is 5.27. The number of carbonyl (C=O) groups is 1. The summed E-state index contributed by atoms with van der Waals surface area (Å²) < 4.78 is 0. The second-order valence-electron chi connectivity index (χ2n) is 3.63. The average Bonchev–Trinajstić information content (AvgIpc) is 2.75. The molecule has 2 rings (SSSR count). The Morgan fingerprint density at radius 2 is 2.41 bits per heavy atom. The first kappa shape index (κ1) is 11.3. The van der Waals surface area contributed by atoms with Crippen LogP contribution in [0.5, 0.6) is 0 Å². The molecule has 0 unspecified atom stereocenters. The Morgan fingerprint density at radius 1 is 1.53 bits per heavy atom. The van der Waals surface area contributed by atoms with Gasteiger partial charge in [-0.2, -0.15) is 0 Å². The molecule has 0 bridgehead atoms. The SMILES string of the molecule is O=C(O)/C=C/CNCc1ccc2nc[nH]c2c1. The van der Waals surface area contributed by atoms with E-state index in [0.29, 0.717) is 13.1 Å².